The molecule has 0 aromatic heterocycles. The van der Waals surface area contributed by atoms with Gasteiger partial charge in [0, 0.05) is 12.8 Å². The molecule has 2 aliphatic rings. The van der Waals surface area contributed by atoms with Crippen molar-refractivity contribution < 1.29 is 19.8 Å². The molecule has 1 heterocycles. The molecule has 2 amide bonds. The van der Waals surface area contributed by atoms with Crippen LogP contribution in [0, 0.1) is 5.92 Å². The molecule has 3 unspecified atom stereocenters. The van der Waals surface area contributed by atoms with Gasteiger partial charge in [-0.25, -0.2) is 9.59 Å². The first-order chi connectivity index (χ1) is 8.97. The van der Waals surface area contributed by atoms with E-state index in [1.165, 1.54) is 9.80 Å². The summed E-state index contributed by atoms with van der Waals surface area (Å²) in [5.74, 6) is -0.0750. The summed E-state index contributed by atoms with van der Waals surface area (Å²) in [6.07, 6.45) is 2.13. The summed E-state index contributed by atoms with van der Waals surface area (Å²) in [5, 5.41) is 18.4. The van der Waals surface area contributed by atoms with E-state index in [9.17, 15) is 14.7 Å². The highest BCUT2D eigenvalue weighted by Gasteiger charge is 2.49. The Kier molecular flexibility index (Phi) is 4.25. The third-order valence-corrected chi connectivity index (χ3v) is 5.25. The molecule has 3 atom stereocenters. The normalized spacial score (nSPS) is 28.3. The van der Waals surface area contributed by atoms with E-state index in [1.54, 1.807) is 25.7 Å². The Balaban J connectivity index is 2.15. The average Bonchev–Trinajstić information content (AvgIpc) is 3.14. The van der Waals surface area contributed by atoms with Gasteiger partial charge in [0.05, 0.1) is 18.0 Å². The van der Waals surface area contributed by atoms with Crippen molar-refractivity contribution in [1.29, 1.82) is 0 Å². The molecule has 6 nitrogen and oxygen atoms in total. The zero-order valence-electron chi connectivity index (χ0n) is 11.2. The molecule has 7 heteroatoms. The van der Waals surface area contributed by atoms with Gasteiger partial charge in [0.2, 0.25) is 0 Å². The van der Waals surface area contributed by atoms with Crippen LogP contribution in [-0.2, 0) is 4.79 Å². The van der Waals surface area contributed by atoms with Crippen molar-refractivity contribution in [2.45, 2.75) is 37.2 Å². The largest absolute Gasteiger partial charge is 0.480 e. The maximum atomic E-state index is 12.5. The molecular formula is C12H20N2O4S. The monoisotopic (exact) mass is 288 g/mol. The second-order valence-electron chi connectivity index (χ2n) is 5.25. The van der Waals surface area contributed by atoms with E-state index < -0.39 is 12.0 Å². The lowest BCUT2D eigenvalue weighted by Crippen LogP contribution is -2.53. The first-order valence-corrected chi connectivity index (χ1v) is 7.52. The number of amides is 2. The molecule has 0 spiro atoms. The van der Waals surface area contributed by atoms with Crippen LogP contribution in [0.25, 0.3) is 0 Å². The lowest BCUT2D eigenvalue weighted by Gasteiger charge is -2.34. The Morgan fingerprint density at radius 3 is 2.58 bits per heavy atom. The molecule has 2 N–H and O–H groups in total. The molecule has 0 aromatic carbocycles. The number of thioether (sulfide) groups is 1. The molecule has 2 fully saturated rings. The first kappa shape index (κ1) is 14.5. The van der Waals surface area contributed by atoms with Crippen LogP contribution in [0.4, 0.5) is 4.79 Å². The number of carboxylic acid groups (broad SMARTS) is 1. The molecule has 1 saturated carbocycles. The Bertz CT molecular complexity index is 375. The molecule has 0 aromatic rings. The number of carboxylic acids is 1. The van der Waals surface area contributed by atoms with E-state index in [0.717, 1.165) is 12.8 Å². The van der Waals surface area contributed by atoms with Crippen LogP contribution in [0.5, 0.6) is 0 Å². The van der Waals surface area contributed by atoms with Gasteiger partial charge in [-0.1, -0.05) is 0 Å². The number of aliphatic hydroxyl groups excluding tert-OH is 1. The van der Waals surface area contributed by atoms with Crippen LogP contribution < -0.4 is 0 Å². The van der Waals surface area contributed by atoms with Crippen molar-refractivity contribution in [3.63, 3.8) is 0 Å². The Morgan fingerprint density at radius 2 is 2.11 bits per heavy atom. The number of aliphatic hydroxyl groups is 1. The Labute approximate surface area is 116 Å². The molecular weight excluding hydrogens is 268 g/mol. The minimum absolute atomic E-state index is 0.0260. The highest BCUT2D eigenvalue weighted by molar-refractivity contribution is 8.00. The van der Waals surface area contributed by atoms with Crippen LogP contribution in [-0.4, -0.2) is 68.9 Å². The van der Waals surface area contributed by atoms with E-state index in [1.807, 2.05) is 0 Å². The smallest absolute Gasteiger partial charge is 0.327 e. The number of nitrogens with zero attached hydrogens (tertiary/aromatic N) is 2. The van der Waals surface area contributed by atoms with Crippen molar-refractivity contribution in [2.75, 3.05) is 19.4 Å². The maximum absolute atomic E-state index is 12.5. The van der Waals surface area contributed by atoms with Gasteiger partial charge >= 0.3 is 12.0 Å². The molecule has 2 rings (SSSR count). The summed E-state index contributed by atoms with van der Waals surface area (Å²) in [5.41, 5.74) is 0. The van der Waals surface area contributed by atoms with Crippen LogP contribution in [0.2, 0.25) is 0 Å². The highest BCUT2D eigenvalue weighted by Crippen LogP contribution is 2.45. The predicted octanol–water partition coefficient (Wildman–Crippen LogP) is 0.657. The molecule has 1 saturated heterocycles. The Hall–Kier alpha value is -0.950. The third kappa shape index (κ3) is 2.81. The lowest BCUT2D eigenvalue weighted by molar-refractivity contribution is -0.141. The number of urea groups is 1. The topological polar surface area (TPSA) is 81.1 Å². The van der Waals surface area contributed by atoms with Crippen molar-refractivity contribution >= 4 is 23.8 Å². The second-order valence-corrected chi connectivity index (χ2v) is 6.40. The van der Waals surface area contributed by atoms with E-state index in [-0.39, 0.29) is 24.1 Å². The summed E-state index contributed by atoms with van der Waals surface area (Å²) in [6.45, 7) is 1.61. The number of rotatable bonds is 4. The number of hydrogen-bond donors (Lipinski definition) is 2. The molecule has 0 radical (unpaired) electrons. The summed E-state index contributed by atoms with van der Waals surface area (Å²) < 4.78 is 0. The van der Waals surface area contributed by atoms with Gasteiger partial charge in [0.15, 0.2) is 0 Å². The highest BCUT2D eigenvalue weighted by atomic mass is 32.2. The molecule has 1 aliphatic heterocycles. The minimum Gasteiger partial charge on any atom is -0.480 e. The number of aliphatic carboxylic acids is 1. The summed E-state index contributed by atoms with van der Waals surface area (Å²) in [4.78, 5) is 26.7. The molecule has 19 heavy (non-hydrogen) atoms. The van der Waals surface area contributed by atoms with Gasteiger partial charge in [-0.3, -0.25) is 4.90 Å². The fraction of sp³-hybridized carbons (Fsp3) is 0.833. The zero-order valence-corrected chi connectivity index (χ0v) is 12.0. The van der Waals surface area contributed by atoms with Crippen LogP contribution in [0.1, 0.15) is 19.8 Å². The number of hydrogen-bond acceptors (Lipinski definition) is 4. The van der Waals surface area contributed by atoms with Gasteiger partial charge in [-0.05, 0) is 25.7 Å². The standard InChI is InChI=1S/C12H20N2O4S/c1-7(5-15)13(2)12(18)14-9(11(16)17)6-19-10(14)8-3-4-8/h7-10,15H,3-6H2,1-2H3,(H,16,17). The Morgan fingerprint density at radius 1 is 1.47 bits per heavy atom. The van der Waals surface area contributed by atoms with E-state index >= 15 is 0 Å². The summed E-state index contributed by atoms with van der Waals surface area (Å²) >= 11 is 1.56. The minimum atomic E-state index is -0.950. The number of carbonyl (C=O) groups is 2. The number of carbonyl (C=O) groups excluding carboxylic acids is 1. The van der Waals surface area contributed by atoms with Gasteiger partial charge in [-0.15, -0.1) is 11.8 Å². The van der Waals surface area contributed by atoms with Gasteiger partial charge in [0.1, 0.15) is 6.04 Å². The molecule has 108 valence electrons. The lowest BCUT2D eigenvalue weighted by atomic mass is 10.2. The number of likely N-dealkylation sites (N-methyl/N-ethyl adjacent to an activating group) is 1. The van der Waals surface area contributed by atoms with E-state index in [4.69, 9.17) is 5.11 Å². The molecule has 1 aliphatic carbocycles. The second kappa shape index (κ2) is 5.58. The van der Waals surface area contributed by atoms with Crippen LogP contribution >= 0.6 is 11.8 Å². The van der Waals surface area contributed by atoms with Crippen molar-refractivity contribution in [3.8, 4) is 0 Å². The van der Waals surface area contributed by atoms with Crippen LogP contribution in [0.15, 0.2) is 0 Å². The third-order valence-electron chi connectivity index (χ3n) is 3.79. The predicted molar refractivity (Wildman–Crippen MR) is 71.9 cm³/mol. The maximum Gasteiger partial charge on any atom is 0.327 e. The van der Waals surface area contributed by atoms with Gasteiger partial charge < -0.3 is 15.1 Å². The summed E-state index contributed by atoms with van der Waals surface area (Å²) in [7, 11) is 1.61. The SMILES string of the molecule is CC(CO)N(C)C(=O)N1C(C(=O)O)CSC1C1CC1. The van der Waals surface area contributed by atoms with Gasteiger partial charge in [0.25, 0.3) is 0 Å². The average molecular weight is 288 g/mol. The van der Waals surface area contributed by atoms with Crippen molar-refractivity contribution in [1.82, 2.24) is 9.80 Å². The summed E-state index contributed by atoms with van der Waals surface area (Å²) in [6, 6.07) is -1.36. The first-order valence-electron chi connectivity index (χ1n) is 6.47. The fourth-order valence-electron chi connectivity index (χ4n) is 2.20. The quantitative estimate of drug-likeness (QED) is 0.794. The van der Waals surface area contributed by atoms with E-state index in [2.05, 4.69) is 0 Å². The van der Waals surface area contributed by atoms with Crippen LogP contribution in [0.3, 0.4) is 0 Å². The van der Waals surface area contributed by atoms with E-state index in [0.29, 0.717) is 11.7 Å². The van der Waals surface area contributed by atoms with Crippen molar-refractivity contribution in [3.05, 3.63) is 0 Å². The van der Waals surface area contributed by atoms with Gasteiger partial charge in [-0.2, -0.15) is 0 Å². The fourth-order valence-corrected chi connectivity index (χ4v) is 3.82. The zero-order chi connectivity index (χ0) is 14.2. The van der Waals surface area contributed by atoms with Crippen molar-refractivity contribution in [2.24, 2.45) is 5.92 Å². The molecule has 0 bridgehead atoms.